The molecule has 1 N–H and O–H groups in total. The molecule has 0 unspecified atom stereocenters. The molecule has 92 valence electrons. The molecule has 0 aliphatic heterocycles. The highest BCUT2D eigenvalue weighted by molar-refractivity contribution is 5.97. The highest BCUT2D eigenvalue weighted by Gasteiger charge is 2.00. The van der Waals surface area contributed by atoms with Crippen LogP contribution in [0, 0.1) is 13.8 Å². The van der Waals surface area contributed by atoms with E-state index in [1.54, 1.807) is 6.20 Å². The molecule has 0 saturated carbocycles. The Morgan fingerprint density at radius 2 is 1.89 bits per heavy atom. The van der Waals surface area contributed by atoms with Crippen molar-refractivity contribution in [2.45, 2.75) is 20.8 Å². The van der Waals surface area contributed by atoms with Crippen LogP contribution in [-0.2, 0) is 0 Å². The van der Waals surface area contributed by atoms with Gasteiger partial charge in [-0.05, 0) is 39.0 Å². The molecule has 2 rings (SSSR count). The Hall–Kier alpha value is -2.30. The van der Waals surface area contributed by atoms with E-state index in [4.69, 9.17) is 0 Å². The van der Waals surface area contributed by atoms with Crippen molar-refractivity contribution in [1.29, 1.82) is 0 Å². The molecule has 0 amide bonds. The molecule has 0 aromatic carbocycles. The molecule has 0 bridgehead atoms. The number of hydrazone groups is 1. The maximum Gasteiger partial charge on any atom is 0.243 e. The van der Waals surface area contributed by atoms with E-state index in [0.717, 1.165) is 22.8 Å². The lowest BCUT2D eigenvalue weighted by Gasteiger charge is -2.03. The van der Waals surface area contributed by atoms with Crippen LogP contribution < -0.4 is 5.43 Å². The number of aromatic nitrogens is 3. The van der Waals surface area contributed by atoms with Crippen LogP contribution >= 0.6 is 0 Å². The van der Waals surface area contributed by atoms with Crippen LogP contribution in [0.15, 0.2) is 35.6 Å². The second kappa shape index (κ2) is 5.35. The van der Waals surface area contributed by atoms with Gasteiger partial charge in [0, 0.05) is 17.6 Å². The molecule has 0 spiro atoms. The fraction of sp³-hybridized carbons (Fsp3) is 0.231. The zero-order valence-electron chi connectivity index (χ0n) is 10.7. The van der Waals surface area contributed by atoms with Gasteiger partial charge in [-0.2, -0.15) is 5.10 Å². The third-order valence-corrected chi connectivity index (χ3v) is 2.34. The Bertz CT molecular complexity index is 543. The highest BCUT2D eigenvalue weighted by Crippen LogP contribution is 2.04. The van der Waals surface area contributed by atoms with E-state index in [0.29, 0.717) is 5.95 Å². The second-order valence-corrected chi connectivity index (χ2v) is 4.00. The van der Waals surface area contributed by atoms with Crippen molar-refractivity contribution in [3.8, 4) is 0 Å². The lowest BCUT2D eigenvalue weighted by Crippen LogP contribution is -2.04. The van der Waals surface area contributed by atoms with Gasteiger partial charge in [0.15, 0.2) is 0 Å². The Balaban J connectivity index is 2.15. The smallest absolute Gasteiger partial charge is 0.243 e. The average molecular weight is 241 g/mol. The third-order valence-electron chi connectivity index (χ3n) is 2.34. The largest absolute Gasteiger partial charge is 0.255 e. The zero-order valence-corrected chi connectivity index (χ0v) is 10.7. The number of hydrogen-bond acceptors (Lipinski definition) is 5. The van der Waals surface area contributed by atoms with Gasteiger partial charge >= 0.3 is 0 Å². The summed E-state index contributed by atoms with van der Waals surface area (Å²) < 4.78 is 0. The predicted molar refractivity (Wildman–Crippen MR) is 71.6 cm³/mol. The first-order valence-corrected chi connectivity index (χ1v) is 5.69. The monoisotopic (exact) mass is 241 g/mol. The molecule has 0 saturated heterocycles. The van der Waals surface area contributed by atoms with Gasteiger partial charge in [0.05, 0.1) is 11.4 Å². The molecule has 0 aliphatic rings. The van der Waals surface area contributed by atoms with Crippen LogP contribution in [0.5, 0.6) is 0 Å². The van der Waals surface area contributed by atoms with Crippen LogP contribution in [0.3, 0.4) is 0 Å². The maximum atomic E-state index is 4.25. The van der Waals surface area contributed by atoms with Gasteiger partial charge in [0.25, 0.3) is 0 Å². The first kappa shape index (κ1) is 12.2. The van der Waals surface area contributed by atoms with E-state index in [1.165, 1.54) is 0 Å². The maximum absolute atomic E-state index is 4.25. The Morgan fingerprint density at radius 1 is 1.17 bits per heavy atom. The lowest BCUT2D eigenvalue weighted by molar-refractivity contribution is 1.03. The fourth-order valence-electron chi connectivity index (χ4n) is 1.54. The minimum atomic E-state index is 0.503. The van der Waals surface area contributed by atoms with E-state index in [2.05, 4.69) is 25.5 Å². The highest BCUT2D eigenvalue weighted by atomic mass is 15.4. The molecule has 0 atom stereocenters. The first-order valence-electron chi connectivity index (χ1n) is 5.69. The van der Waals surface area contributed by atoms with Gasteiger partial charge < -0.3 is 0 Å². The summed E-state index contributed by atoms with van der Waals surface area (Å²) in [4.78, 5) is 12.7. The molecule has 0 aliphatic carbocycles. The zero-order chi connectivity index (χ0) is 13.0. The van der Waals surface area contributed by atoms with Crippen molar-refractivity contribution in [2.75, 3.05) is 5.43 Å². The van der Waals surface area contributed by atoms with Crippen molar-refractivity contribution >= 4 is 11.7 Å². The fourth-order valence-corrected chi connectivity index (χ4v) is 1.54. The first-order chi connectivity index (χ1) is 8.65. The van der Waals surface area contributed by atoms with Crippen molar-refractivity contribution in [3.63, 3.8) is 0 Å². The standard InChI is InChI=1S/C13H15N5/c1-9-8-10(2)16-13(15-9)18-17-11(3)12-6-4-5-7-14-12/h4-8H,1-3H3,(H,15,16,18)/b17-11-. The third kappa shape index (κ3) is 3.10. The van der Waals surface area contributed by atoms with E-state index in [9.17, 15) is 0 Å². The number of nitrogens with one attached hydrogen (secondary N) is 1. The Morgan fingerprint density at radius 3 is 2.50 bits per heavy atom. The molecule has 2 aromatic heterocycles. The van der Waals surface area contributed by atoms with Crippen molar-refractivity contribution in [3.05, 3.63) is 47.5 Å². The quantitative estimate of drug-likeness (QED) is 0.661. The molecule has 5 heteroatoms. The number of nitrogens with zero attached hydrogens (tertiary/aromatic N) is 4. The van der Waals surface area contributed by atoms with Gasteiger partial charge in [-0.25, -0.2) is 15.4 Å². The van der Waals surface area contributed by atoms with E-state index < -0.39 is 0 Å². The van der Waals surface area contributed by atoms with Gasteiger partial charge in [0.1, 0.15) is 0 Å². The molecule has 0 radical (unpaired) electrons. The Labute approximate surface area is 106 Å². The molecule has 2 heterocycles. The van der Waals surface area contributed by atoms with E-state index in [1.807, 2.05) is 45.0 Å². The normalized spacial score (nSPS) is 11.4. The average Bonchev–Trinajstić information content (AvgIpc) is 2.36. The minimum absolute atomic E-state index is 0.503. The minimum Gasteiger partial charge on any atom is -0.255 e. The predicted octanol–water partition coefficient (Wildman–Crippen LogP) is 2.32. The summed E-state index contributed by atoms with van der Waals surface area (Å²) in [6.45, 7) is 5.74. The van der Waals surface area contributed by atoms with Crippen LogP contribution in [0.1, 0.15) is 24.0 Å². The van der Waals surface area contributed by atoms with Crippen molar-refractivity contribution in [2.24, 2.45) is 5.10 Å². The summed E-state index contributed by atoms with van der Waals surface area (Å²) in [5.41, 5.74) is 6.29. The van der Waals surface area contributed by atoms with Crippen LogP contribution in [0.25, 0.3) is 0 Å². The van der Waals surface area contributed by atoms with Crippen LogP contribution in [0.4, 0.5) is 5.95 Å². The SMILES string of the molecule is C/C(=N/Nc1nc(C)cc(C)n1)c1ccccn1. The molecule has 18 heavy (non-hydrogen) atoms. The topological polar surface area (TPSA) is 63.1 Å². The van der Waals surface area contributed by atoms with Crippen molar-refractivity contribution in [1.82, 2.24) is 15.0 Å². The van der Waals surface area contributed by atoms with Crippen molar-refractivity contribution < 1.29 is 0 Å². The summed E-state index contributed by atoms with van der Waals surface area (Å²) in [7, 11) is 0. The summed E-state index contributed by atoms with van der Waals surface area (Å²) in [6.07, 6.45) is 1.74. The van der Waals surface area contributed by atoms with Crippen LogP contribution in [-0.4, -0.2) is 20.7 Å². The summed E-state index contributed by atoms with van der Waals surface area (Å²) in [5, 5.41) is 4.23. The van der Waals surface area contributed by atoms with Gasteiger partial charge in [0.2, 0.25) is 5.95 Å². The van der Waals surface area contributed by atoms with Crippen LogP contribution in [0.2, 0.25) is 0 Å². The molecule has 5 nitrogen and oxygen atoms in total. The van der Waals surface area contributed by atoms with Gasteiger partial charge in [-0.1, -0.05) is 6.07 Å². The number of anilines is 1. The van der Waals surface area contributed by atoms with Gasteiger partial charge in [-0.3, -0.25) is 4.98 Å². The molecule has 2 aromatic rings. The molecular weight excluding hydrogens is 226 g/mol. The summed E-state index contributed by atoms with van der Waals surface area (Å²) in [5.74, 6) is 0.503. The lowest BCUT2D eigenvalue weighted by atomic mass is 10.3. The molecule has 0 fully saturated rings. The Kier molecular flexibility index (Phi) is 3.62. The van der Waals surface area contributed by atoms with Gasteiger partial charge in [-0.15, -0.1) is 0 Å². The number of aryl methyl sites for hydroxylation is 2. The molecular formula is C13H15N5. The number of hydrogen-bond donors (Lipinski definition) is 1. The second-order valence-electron chi connectivity index (χ2n) is 4.00. The van der Waals surface area contributed by atoms with E-state index in [-0.39, 0.29) is 0 Å². The number of pyridine rings is 1. The number of rotatable bonds is 3. The van der Waals surface area contributed by atoms with E-state index >= 15 is 0 Å². The summed E-state index contributed by atoms with van der Waals surface area (Å²) in [6, 6.07) is 7.62. The summed E-state index contributed by atoms with van der Waals surface area (Å²) >= 11 is 0.